The summed E-state index contributed by atoms with van der Waals surface area (Å²) in [5.74, 6) is -2.12. The Morgan fingerprint density at radius 3 is 2.25 bits per heavy atom. The molecule has 0 spiro atoms. The lowest BCUT2D eigenvalue weighted by atomic mass is 10.1. The van der Waals surface area contributed by atoms with Crippen LogP contribution in [0.25, 0.3) is 0 Å². The second-order valence-electron chi connectivity index (χ2n) is 6.31. The maximum atomic E-state index is 13.1. The Hall–Kier alpha value is -4.12. The maximum absolute atomic E-state index is 13.1. The molecule has 2 N–H and O–H groups in total. The first-order valence-corrected chi connectivity index (χ1v) is 10.5. The molecule has 11 heteroatoms. The van der Waals surface area contributed by atoms with Gasteiger partial charge in [-0.3, -0.25) is 9.52 Å². The van der Waals surface area contributed by atoms with Crippen LogP contribution in [-0.2, 0) is 19.5 Å². The highest BCUT2D eigenvalue weighted by atomic mass is 32.2. The van der Waals surface area contributed by atoms with Gasteiger partial charge in [0.25, 0.3) is 15.9 Å². The third kappa shape index (κ3) is 4.95. The molecule has 32 heavy (non-hydrogen) atoms. The van der Waals surface area contributed by atoms with E-state index in [9.17, 15) is 22.8 Å². The fraction of sp³-hybridized carbons (Fsp3) is 0.0952. The van der Waals surface area contributed by atoms with Crippen molar-refractivity contribution in [3.8, 4) is 0 Å². The monoisotopic (exact) mass is 458 g/mol. The van der Waals surface area contributed by atoms with Crippen molar-refractivity contribution >= 4 is 39.2 Å². The molecule has 0 radical (unpaired) electrons. The molecular formula is C21H18N2O8S. The van der Waals surface area contributed by atoms with Crippen LogP contribution in [0.5, 0.6) is 0 Å². The van der Waals surface area contributed by atoms with Crippen LogP contribution in [0.3, 0.4) is 0 Å². The molecule has 0 aliphatic heterocycles. The van der Waals surface area contributed by atoms with Crippen molar-refractivity contribution in [2.24, 2.45) is 0 Å². The molecule has 0 atom stereocenters. The number of nitrogens with one attached hydrogen (secondary N) is 2. The molecule has 0 saturated carbocycles. The van der Waals surface area contributed by atoms with Crippen molar-refractivity contribution in [2.45, 2.75) is 4.90 Å². The Kier molecular flexibility index (Phi) is 6.59. The maximum Gasteiger partial charge on any atom is 0.339 e. The predicted molar refractivity (Wildman–Crippen MR) is 113 cm³/mol. The van der Waals surface area contributed by atoms with Crippen LogP contribution in [0.2, 0.25) is 0 Å². The molecule has 1 heterocycles. The number of carbonyl (C=O) groups excluding carboxylic acids is 3. The third-order valence-corrected chi connectivity index (χ3v) is 5.64. The van der Waals surface area contributed by atoms with Crippen LogP contribution in [-0.4, -0.2) is 40.5 Å². The number of amides is 1. The molecule has 0 aliphatic rings. The number of hydrogen-bond acceptors (Lipinski definition) is 8. The van der Waals surface area contributed by atoms with E-state index in [1.165, 1.54) is 36.6 Å². The molecule has 0 aliphatic carbocycles. The highest BCUT2D eigenvalue weighted by Crippen LogP contribution is 2.24. The second kappa shape index (κ2) is 9.35. The van der Waals surface area contributed by atoms with E-state index in [-0.39, 0.29) is 22.6 Å². The van der Waals surface area contributed by atoms with E-state index < -0.39 is 32.8 Å². The van der Waals surface area contributed by atoms with Gasteiger partial charge in [0.15, 0.2) is 5.76 Å². The minimum absolute atomic E-state index is 0.0695. The lowest BCUT2D eigenvalue weighted by Crippen LogP contribution is -2.19. The molecule has 1 amide bonds. The highest BCUT2D eigenvalue weighted by molar-refractivity contribution is 7.92. The SMILES string of the molecule is COC(=O)c1ccc(C(=O)OC)c(S(=O)(=O)Nc2cccc(NC(=O)c3ccco3)c2)c1. The number of furan rings is 1. The van der Waals surface area contributed by atoms with E-state index in [0.29, 0.717) is 5.69 Å². The van der Waals surface area contributed by atoms with Crippen molar-refractivity contribution in [2.75, 3.05) is 24.3 Å². The van der Waals surface area contributed by atoms with Gasteiger partial charge in [-0.25, -0.2) is 18.0 Å². The predicted octanol–water partition coefficient (Wildman–Crippen LogP) is 2.91. The van der Waals surface area contributed by atoms with Gasteiger partial charge in [0.05, 0.1) is 37.3 Å². The zero-order valence-corrected chi connectivity index (χ0v) is 17.8. The summed E-state index contributed by atoms with van der Waals surface area (Å²) in [4.78, 5) is 35.6. The molecule has 3 rings (SSSR count). The Balaban J connectivity index is 1.93. The molecule has 1 aromatic heterocycles. The average Bonchev–Trinajstić information content (AvgIpc) is 3.33. The molecule has 3 aromatic rings. The number of methoxy groups -OCH3 is 2. The number of hydrogen-bond donors (Lipinski definition) is 2. The minimum Gasteiger partial charge on any atom is -0.465 e. The van der Waals surface area contributed by atoms with E-state index in [1.807, 2.05) is 0 Å². The van der Waals surface area contributed by atoms with E-state index >= 15 is 0 Å². The molecule has 10 nitrogen and oxygen atoms in total. The van der Waals surface area contributed by atoms with Gasteiger partial charge in [0, 0.05) is 5.69 Å². The summed E-state index contributed by atoms with van der Waals surface area (Å²) in [6, 6.07) is 12.4. The number of esters is 2. The first-order valence-electron chi connectivity index (χ1n) is 9.03. The molecule has 0 bridgehead atoms. The van der Waals surface area contributed by atoms with E-state index in [0.717, 1.165) is 26.4 Å². The van der Waals surface area contributed by atoms with Crippen molar-refractivity contribution in [1.29, 1.82) is 0 Å². The van der Waals surface area contributed by atoms with Gasteiger partial charge in [-0.1, -0.05) is 6.07 Å². The van der Waals surface area contributed by atoms with Crippen LogP contribution in [0, 0.1) is 0 Å². The number of anilines is 2. The zero-order valence-electron chi connectivity index (χ0n) is 16.9. The molecule has 166 valence electrons. The normalized spacial score (nSPS) is 10.8. The third-order valence-electron chi connectivity index (χ3n) is 4.22. The fourth-order valence-electron chi connectivity index (χ4n) is 2.74. The number of benzene rings is 2. The zero-order chi connectivity index (χ0) is 23.3. The fourth-order valence-corrected chi connectivity index (χ4v) is 4.01. The lowest BCUT2D eigenvalue weighted by molar-refractivity contribution is 0.0583. The van der Waals surface area contributed by atoms with Crippen molar-refractivity contribution < 1.29 is 36.7 Å². The summed E-state index contributed by atoms with van der Waals surface area (Å²) in [6.45, 7) is 0. The first-order chi connectivity index (χ1) is 15.2. The number of carbonyl (C=O) groups is 3. The number of sulfonamides is 1. The van der Waals surface area contributed by atoms with Crippen molar-refractivity contribution in [3.05, 3.63) is 77.7 Å². The largest absolute Gasteiger partial charge is 0.465 e. The van der Waals surface area contributed by atoms with Gasteiger partial charge in [0.1, 0.15) is 4.90 Å². The van der Waals surface area contributed by atoms with Gasteiger partial charge in [-0.2, -0.15) is 0 Å². The molecule has 0 unspecified atom stereocenters. The van der Waals surface area contributed by atoms with Gasteiger partial charge >= 0.3 is 11.9 Å². The average molecular weight is 458 g/mol. The summed E-state index contributed by atoms with van der Waals surface area (Å²) in [5.41, 5.74) is 0.0551. The Morgan fingerprint density at radius 1 is 0.875 bits per heavy atom. The second-order valence-corrected chi connectivity index (χ2v) is 7.96. The van der Waals surface area contributed by atoms with Crippen LogP contribution in [0.1, 0.15) is 31.3 Å². The Bertz CT molecular complexity index is 1270. The van der Waals surface area contributed by atoms with Crippen molar-refractivity contribution in [3.63, 3.8) is 0 Å². The summed E-state index contributed by atoms with van der Waals surface area (Å²) in [5, 5.41) is 2.58. The molecule has 0 saturated heterocycles. The summed E-state index contributed by atoms with van der Waals surface area (Å²) in [6.07, 6.45) is 1.35. The molecule has 0 fully saturated rings. The van der Waals surface area contributed by atoms with Gasteiger partial charge in [-0.05, 0) is 48.5 Å². The van der Waals surface area contributed by atoms with Crippen LogP contribution < -0.4 is 10.0 Å². The van der Waals surface area contributed by atoms with Crippen LogP contribution >= 0.6 is 0 Å². The van der Waals surface area contributed by atoms with Crippen LogP contribution in [0.4, 0.5) is 11.4 Å². The van der Waals surface area contributed by atoms with Gasteiger partial charge in [0.2, 0.25) is 0 Å². The Labute approximate surface area is 183 Å². The van der Waals surface area contributed by atoms with Gasteiger partial charge < -0.3 is 19.2 Å². The molecular weight excluding hydrogens is 440 g/mol. The quantitative estimate of drug-likeness (QED) is 0.515. The number of ether oxygens (including phenoxy) is 2. The summed E-state index contributed by atoms with van der Waals surface area (Å²) >= 11 is 0. The Morgan fingerprint density at radius 2 is 1.59 bits per heavy atom. The van der Waals surface area contributed by atoms with E-state index in [1.54, 1.807) is 12.1 Å². The minimum atomic E-state index is -4.34. The first kappa shape index (κ1) is 22.6. The molecule has 2 aromatic carbocycles. The van der Waals surface area contributed by atoms with Gasteiger partial charge in [-0.15, -0.1) is 0 Å². The smallest absolute Gasteiger partial charge is 0.339 e. The van der Waals surface area contributed by atoms with Crippen molar-refractivity contribution in [1.82, 2.24) is 0 Å². The van der Waals surface area contributed by atoms with Crippen LogP contribution in [0.15, 0.2) is 70.2 Å². The topological polar surface area (TPSA) is 141 Å². The van der Waals surface area contributed by atoms with E-state index in [2.05, 4.69) is 19.5 Å². The highest BCUT2D eigenvalue weighted by Gasteiger charge is 2.25. The summed E-state index contributed by atoms with van der Waals surface area (Å²) < 4.78 is 42.7. The van der Waals surface area contributed by atoms with E-state index in [4.69, 9.17) is 4.42 Å². The lowest BCUT2D eigenvalue weighted by Gasteiger charge is -2.13. The standard InChI is InChI=1S/C21H18N2O8S/c1-29-20(25)13-8-9-16(21(26)30-2)18(11-13)32(27,28)23-15-6-3-5-14(12-15)22-19(24)17-7-4-10-31-17/h3-12,23H,1-2H3,(H,22,24). The summed E-state index contributed by atoms with van der Waals surface area (Å²) in [7, 11) is -2.09. The number of rotatable bonds is 7.